The first kappa shape index (κ1) is 18.1. The van der Waals surface area contributed by atoms with Crippen molar-refractivity contribution in [2.75, 3.05) is 25.7 Å². The summed E-state index contributed by atoms with van der Waals surface area (Å²) >= 11 is 0. The van der Waals surface area contributed by atoms with Gasteiger partial charge in [-0.1, -0.05) is 18.1 Å². The highest BCUT2D eigenvalue weighted by Gasteiger charge is 2.13. The molecule has 0 bridgehead atoms. The summed E-state index contributed by atoms with van der Waals surface area (Å²) in [7, 11) is 1.64. The molecule has 138 valence electrons. The van der Waals surface area contributed by atoms with Crippen molar-refractivity contribution in [2.45, 2.75) is 6.54 Å². The molecule has 0 fully saturated rings. The lowest BCUT2D eigenvalue weighted by Gasteiger charge is -2.12. The number of nitrogens with one attached hydrogen (secondary N) is 3. The van der Waals surface area contributed by atoms with Crippen molar-refractivity contribution in [3.63, 3.8) is 0 Å². The monoisotopic (exact) mass is 364 g/mol. The number of carbonyl (C=O) groups is 1. The molecule has 0 unspecified atom stereocenters. The highest BCUT2D eigenvalue weighted by molar-refractivity contribution is 5.95. The maximum atomic E-state index is 12.1. The number of rotatable bonds is 5. The van der Waals surface area contributed by atoms with Crippen molar-refractivity contribution >= 4 is 17.6 Å². The van der Waals surface area contributed by atoms with Crippen LogP contribution in [0.1, 0.15) is 11.1 Å². The number of carbonyl (C=O) groups excluding carboxylic acids is 1. The minimum absolute atomic E-state index is 0.0705. The van der Waals surface area contributed by atoms with Gasteiger partial charge in [-0.15, -0.1) is 6.42 Å². The predicted molar refractivity (Wildman–Crippen MR) is 104 cm³/mol. The van der Waals surface area contributed by atoms with E-state index >= 15 is 0 Å². The zero-order chi connectivity index (χ0) is 19.1. The first-order valence-corrected chi connectivity index (χ1v) is 8.37. The van der Waals surface area contributed by atoms with Crippen LogP contribution in [-0.4, -0.2) is 32.3 Å². The van der Waals surface area contributed by atoms with E-state index in [1.165, 1.54) is 0 Å². The number of guanidine groups is 1. The van der Waals surface area contributed by atoms with Crippen molar-refractivity contribution in [2.24, 2.45) is 4.99 Å². The molecule has 1 amide bonds. The number of ether oxygens (including phenoxy) is 2. The second-order valence-electron chi connectivity index (χ2n) is 5.74. The van der Waals surface area contributed by atoms with E-state index in [1.807, 2.05) is 18.2 Å². The molecule has 3 N–H and O–H groups in total. The summed E-state index contributed by atoms with van der Waals surface area (Å²) in [4.78, 5) is 16.2. The van der Waals surface area contributed by atoms with Crippen LogP contribution in [0.25, 0.3) is 0 Å². The number of hydrogen-bond donors (Lipinski definition) is 3. The summed E-state index contributed by atoms with van der Waals surface area (Å²) in [6.07, 6.45) is 5.36. The van der Waals surface area contributed by atoms with Gasteiger partial charge in [0.25, 0.3) is 0 Å². The second-order valence-corrected chi connectivity index (χ2v) is 5.74. The van der Waals surface area contributed by atoms with Gasteiger partial charge in [0.05, 0.1) is 6.54 Å². The molecule has 0 spiro atoms. The maximum absolute atomic E-state index is 12.1. The van der Waals surface area contributed by atoms with Gasteiger partial charge in [0.2, 0.25) is 12.7 Å². The third-order valence-corrected chi connectivity index (χ3v) is 3.85. The van der Waals surface area contributed by atoms with Gasteiger partial charge in [-0.25, -0.2) is 0 Å². The van der Waals surface area contributed by atoms with Crippen molar-refractivity contribution < 1.29 is 14.3 Å². The van der Waals surface area contributed by atoms with Gasteiger partial charge in [-0.3, -0.25) is 9.79 Å². The van der Waals surface area contributed by atoms with Crippen LogP contribution in [0.3, 0.4) is 0 Å². The molecule has 0 atom stereocenters. The average Bonchev–Trinajstić information content (AvgIpc) is 3.16. The Hall–Kier alpha value is -3.66. The molecule has 1 aliphatic rings. The fraction of sp³-hybridized carbons (Fsp3) is 0.200. The summed E-state index contributed by atoms with van der Waals surface area (Å²) < 4.78 is 10.7. The third kappa shape index (κ3) is 4.92. The van der Waals surface area contributed by atoms with E-state index in [9.17, 15) is 4.79 Å². The zero-order valence-corrected chi connectivity index (χ0v) is 14.9. The van der Waals surface area contributed by atoms with E-state index in [0.29, 0.717) is 23.8 Å². The number of anilines is 1. The Labute approximate surface area is 157 Å². The topological polar surface area (TPSA) is 84.0 Å². The molecule has 27 heavy (non-hydrogen) atoms. The van der Waals surface area contributed by atoms with Crippen molar-refractivity contribution in [3.8, 4) is 23.8 Å². The number of aliphatic imine (C=N–C) groups is 1. The Morgan fingerprint density at radius 3 is 2.85 bits per heavy atom. The van der Waals surface area contributed by atoms with Gasteiger partial charge in [-0.05, 0) is 35.9 Å². The predicted octanol–water partition coefficient (Wildman–Crippen LogP) is 1.70. The number of nitrogens with zero attached hydrogens (tertiary/aromatic N) is 1. The molecule has 2 aromatic rings. The van der Waals surface area contributed by atoms with Gasteiger partial charge < -0.3 is 25.4 Å². The zero-order valence-electron chi connectivity index (χ0n) is 14.9. The maximum Gasteiger partial charge on any atom is 0.243 e. The Morgan fingerprint density at radius 2 is 2.04 bits per heavy atom. The summed E-state index contributed by atoms with van der Waals surface area (Å²) in [5.41, 5.74) is 2.38. The van der Waals surface area contributed by atoms with Crippen LogP contribution < -0.4 is 25.4 Å². The molecule has 7 nitrogen and oxygen atoms in total. The molecular weight excluding hydrogens is 344 g/mol. The van der Waals surface area contributed by atoms with Crippen molar-refractivity contribution in [3.05, 3.63) is 53.6 Å². The Balaban J connectivity index is 1.47. The number of benzene rings is 2. The molecule has 0 aromatic heterocycles. The van der Waals surface area contributed by atoms with Crippen LogP contribution in [0, 0.1) is 12.3 Å². The van der Waals surface area contributed by atoms with E-state index in [1.54, 1.807) is 31.3 Å². The van der Waals surface area contributed by atoms with E-state index in [4.69, 9.17) is 15.9 Å². The van der Waals surface area contributed by atoms with Crippen LogP contribution in [0.15, 0.2) is 47.5 Å². The largest absolute Gasteiger partial charge is 0.454 e. The fourth-order valence-electron chi connectivity index (χ4n) is 2.51. The Kier molecular flexibility index (Phi) is 5.80. The Bertz CT molecular complexity index is 902. The summed E-state index contributed by atoms with van der Waals surface area (Å²) in [5.74, 6) is 4.32. The smallest absolute Gasteiger partial charge is 0.243 e. The molecule has 0 saturated carbocycles. The van der Waals surface area contributed by atoms with Crippen LogP contribution in [-0.2, 0) is 11.3 Å². The molecule has 0 saturated heterocycles. The third-order valence-electron chi connectivity index (χ3n) is 3.85. The molecule has 1 aliphatic heterocycles. The molecule has 0 radical (unpaired) electrons. The van der Waals surface area contributed by atoms with Gasteiger partial charge in [0, 0.05) is 24.8 Å². The number of terminal acetylenes is 1. The quantitative estimate of drug-likeness (QED) is 0.427. The van der Waals surface area contributed by atoms with Gasteiger partial charge in [0.15, 0.2) is 17.5 Å². The van der Waals surface area contributed by atoms with Crippen molar-refractivity contribution in [1.82, 2.24) is 10.6 Å². The number of hydrogen-bond acceptors (Lipinski definition) is 4. The highest BCUT2D eigenvalue weighted by Crippen LogP contribution is 2.32. The molecule has 7 heteroatoms. The van der Waals surface area contributed by atoms with E-state index in [2.05, 4.69) is 26.9 Å². The highest BCUT2D eigenvalue weighted by atomic mass is 16.7. The number of amides is 1. The molecule has 2 aromatic carbocycles. The van der Waals surface area contributed by atoms with Crippen LogP contribution in [0.5, 0.6) is 11.5 Å². The van der Waals surface area contributed by atoms with E-state index in [-0.39, 0.29) is 19.2 Å². The minimum Gasteiger partial charge on any atom is -0.454 e. The van der Waals surface area contributed by atoms with Crippen molar-refractivity contribution in [1.29, 1.82) is 0 Å². The normalized spacial score (nSPS) is 12.2. The first-order chi connectivity index (χ1) is 13.2. The second kappa shape index (κ2) is 8.63. The van der Waals surface area contributed by atoms with Crippen LogP contribution >= 0.6 is 0 Å². The minimum atomic E-state index is -0.199. The molecule has 3 rings (SSSR count). The van der Waals surface area contributed by atoms with Crippen LogP contribution in [0.2, 0.25) is 0 Å². The lowest BCUT2D eigenvalue weighted by Crippen LogP contribution is -2.41. The lowest BCUT2D eigenvalue weighted by atomic mass is 10.2. The van der Waals surface area contributed by atoms with E-state index < -0.39 is 0 Å². The summed E-state index contributed by atoms with van der Waals surface area (Å²) in [6.45, 7) is 0.845. The standard InChI is InChI=1S/C20H20N4O3/c1-3-14-5-4-6-16(9-14)24-19(25)12-23-20(21-2)22-11-15-7-8-17-18(10-15)27-13-26-17/h1,4-10H,11-13H2,2H3,(H,24,25)(H2,21,22,23). The Morgan fingerprint density at radius 1 is 1.19 bits per heavy atom. The lowest BCUT2D eigenvalue weighted by molar-refractivity contribution is -0.115. The van der Waals surface area contributed by atoms with Crippen LogP contribution in [0.4, 0.5) is 5.69 Å². The van der Waals surface area contributed by atoms with Gasteiger partial charge in [0.1, 0.15) is 0 Å². The molecule has 1 heterocycles. The summed E-state index contributed by atoms with van der Waals surface area (Å²) in [6, 6.07) is 12.8. The molecule has 0 aliphatic carbocycles. The van der Waals surface area contributed by atoms with E-state index in [0.717, 1.165) is 17.1 Å². The SMILES string of the molecule is C#Cc1cccc(NC(=O)CNC(=NC)NCc2ccc3c(c2)OCO3)c1. The van der Waals surface area contributed by atoms with Gasteiger partial charge >= 0.3 is 0 Å². The average molecular weight is 364 g/mol. The molecular formula is C20H20N4O3. The fourth-order valence-corrected chi connectivity index (χ4v) is 2.51. The summed E-state index contributed by atoms with van der Waals surface area (Å²) in [5, 5.41) is 8.91. The first-order valence-electron chi connectivity index (χ1n) is 8.37. The number of fused-ring (bicyclic) bond motifs is 1. The van der Waals surface area contributed by atoms with Gasteiger partial charge in [-0.2, -0.15) is 0 Å².